The van der Waals surface area contributed by atoms with Gasteiger partial charge in [0.25, 0.3) is 5.91 Å². The molecule has 0 aliphatic carbocycles. The molecule has 5 nitrogen and oxygen atoms in total. The number of amides is 1. The van der Waals surface area contributed by atoms with Gasteiger partial charge in [0.2, 0.25) is 0 Å². The smallest absolute Gasteiger partial charge is 0.257 e. The molecule has 4 rings (SSSR count). The van der Waals surface area contributed by atoms with Gasteiger partial charge >= 0.3 is 0 Å². The lowest BCUT2D eigenvalue weighted by Crippen LogP contribution is -3.00. The number of hydrogen-bond donors (Lipinski definition) is 0. The summed E-state index contributed by atoms with van der Waals surface area (Å²) in [6, 6.07) is 10.2. The fourth-order valence-electron chi connectivity index (χ4n) is 4.11. The number of halogens is 2. The summed E-state index contributed by atoms with van der Waals surface area (Å²) in [5, 5.41) is 0. The maximum atomic E-state index is 14.7. The normalized spacial score (nSPS) is 19.2. The van der Waals surface area contributed by atoms with E-state index in [0.29, 0.717) is 12.3 Å². The van der Waals surface area contributed by atoms with Gasteiger partial charge in [-0.3, -0.25) is 9.78 Å². The van der Waals surface area contributed by atoms with Gasteiger partial charge in [-0.1, -0.05) is 6.07 Å². The van der Waals surface area contributed by atoms with Crippen LogP contribution in [0.2, 0.25) is 0 Å². The van der Waals surface area contributed by atoms with E-state index >= 15 is 0 Å². The zero-order valence-electron chi connectivity index (χ0n) is 16.4. The molecule has 7 heteroatoms. The van der Waals surface area contributed by atoms with Gasteiger partial charge in [0.05, 0.1) is 11.3 Å². The van der Waals surface area contributed by atoms with E-state index in [2.05, 4.69) is 9.88 Å². The molecular formula is C22H26ClFN3O2-. The summed E-state index contributed by atoms with van der Waals surface area (Å²) in [5.74, 6) is -0.347. The van der Waals surface area contributed by atoms with Gasteiger partial charge in [-0.15, -0.1) is 0 Å². The fourth-order valence-corrected chi connectivity index (χ4v) is 4.11. The number of nitrogens with zero attached hydrogens (tertiary/aromatic N) is 3. The van der Waals surface area contributed by atoms with Crippen molar-refractivity contribution < 1.29 is 26.3 Å². The first-order chi connectivity index (χ1) is 13.7. The number of hydrogen-bond acceptors (Lipinski definition) is 4. The minimum Gasteiger partial charge on any atom is -1.00 e. The lowest BCUT2D eigenvalue weighted by Gasteiger charge is -2.28. The molecule has 2 aromatic rings. The van der Waals surface area contributed by atoms with E-state index in [1.54, 1.807) is 12.3 Å². The Bertz CT molecular complexity index is 815. The molecule has 1 aromatic heterocycles. The number of aromatic nitrogens is 1. The maximum absolute atomic E-state index is 14.7. The monoisotopic (exact) mass is 418 g/mol. The third-order valence-corrected chi connectivity index (χ3v) is 5.59. The number of likely N-dealkylation sites (tertiary alicyclic amines) is 2. The van der Waals surface area contributed by atoms with Crippen molar-refractivity contribution in [3.63, 3.8) is 0 Å². The van der Waals surface area contributed by atoms with Gasteiger partial charge in [0.1, 0.15) is 18.2 Å². The first-order valence-corrected chi connectivity index (χ1v) is 10.1. The molecular weight excluding hydrogens is 393 g/mol. The summed E-state index contributed by atoms with van der Waals surface area (Å²) >= 11 is 0. The molecule has 3 heterocycles. The first-order valence-electron chi connectivity index (χ1n) is 10.1. The van der Waals surface area contributed by atoms with Crippen LogP contribution in [0.25, 0.3) is 0 Å². The highest BCUT2D eigenvalue weighted by Gasteiger charge is 2.32. The fraction of sp³-hybridized carbons (Fsp3) is 0.455. The van der Waals surface area contributed by atoms with Gasteiger partial charge in [0.15, 0.2) is 0 Å². The molecule has 2 saturated heterocycles. The van der Waals surface area contributed by atoms with Gasteiger partial charge in [-0.25, -0.2) is 4.39 Å². The molecule has 2 aliphatic rings. The Hall–Kier alpha value is -2.18. The summed E-state index contributed by atoms with van der Waals surface area (Å²) < 4.78 is 20.3. The number of benzene rings is 1. The Labute approximate surface area is 177 Å². The van der Waals surface area contributed by atoms with E-state index in [1.165, 1.54) is 25.0 Å². The Morgan fingerprint density at radius 1 is 1.14 bits per heavy atom. The van der Waals surface area contributed by atoms with E-state index in [9.17, 15) is 9.18 Å². The largest absolute Gasteiger partial charge is 1.00 e. The number of rotatable bonds is 6. The maximum Gasteiger partial charge on any atom is 0.257 e. The van der Waals surface area contributed by atoms with Crippen molar-refractivity contribution in [2.24, 2.45) is 0 Å². The predicted octanol–water partition coefficient (Wildman–Crippen LogP) is 0.504. The molecule has 0 unspecified atom stereocenters. The van der Waals surface area contributed by atoms with Crippen molar-refractivity contribution in [3.8, 4) is 5.75 Å². The van der Waals surface area contributed by atoms with Crippen molar-refractivity contribution in [2.45, 2.75) is 38.3 Å². The highest BCUT2D eigenvalue weighted by atomic mass is 35.5. The number of pyridine rings is 1. The molecule has 29 heavy (non-hydrogen) atoms. The second-order valence-corrected chi connectivity index (χ2v) is 7.55. The quantitative estimate of drug-likeness (QED) is 0.685. The summed E-state index contributed by atoms with van der Waals surface area (Å²) in [7, 11) is 0. The zero-order valence-corrected chi connectivity index (χ0v) is 17.2. The molecule has 1 amide bonds. The summed E-state index contributed by atoms with van der Waals surface area (Å²) in [6.45, 7) is 4.08. The molecule has 0 saturated carbocycles. The van der Waals surface area contributed by atoms with Crippen LogP contribution in [0.4, 0.5) is 4.39 Å². The molecule has 1 atom stereocenters. The molecule has 2 aliphatic heterocycles. The third kappa shape index (κ3) is 5.25. The number of carbonyl (C=O) groups excluding carboxylic acids is 1. The van der Waals surface area contributed by atoms with E-state index in [1.807, 2.05) is 23.1 Å². The molecule has 0 radical (unpaired) electrons. The van der Waals surface area contributed by atoms with E-state index < -0.39 is 5.82 Å². The van der Waals surface area contributed by atoms with Crippen LogP contribution in [0.5, 0.6) is 5.75 Å². The molecule has 0 N–H and O–H groups in total. The highest BCUT2D eigenvalue weighted by molar-refractivity contribution is 5.95. The molecule has 0 bridgehead atoms. The molecule has 156 valence electrons. The van der Waals surface area contributed by atoms with Crippen LogP contribution in [-0.4, -0.2) is 52.9 Å². The minimum atomic E-state index is -0.532. The zero-order chi connectivity index (χ0) is 19.3. The summed E-state index contributed by atoms with van der Waals surface area (Å²) in [5.41, 5.74) is 0.892. The minimum absolute atomic E-state index is 0. The highest BCUT2D eigenvalue weighted by Crippen LogP contribution is 2.25. The van der Waals surface area contributed by atoms with Crippen LogP contribution in [0.1, 0.15) is 41.7 Å². The number of ether oxygens (including phenoxy) is 1. The lowest BCUT2D eigenvalue weighted by molar-refractivity contribution is -0.0000180. The second kappa shape index (κ2) is 10.0. The standard InChI is InChI=1S/C22H26FN3O2.ClH/c23-21-14-19(28-16-17-6-1-2-10-24-17)8-9-20(21)22(27)26-13-5-7-18(26)15-25-11-3-4-12-25;/h1-2,6,8-10,14,18H,3-5,7,11-13,15-16H2;1H/p-1/t18-;/m0./s1. The Balaban J connectivity index is 0.00000240. The van der Waals surface area contributed by atoms with Gasteiger partial charge < -0.3 is 26.9 Å². The SMILES string of the molecule is O=C(c1ccc(OCc2ccccn2)cc1F)N1CCC[C@H]1CN1CCCC1.[Cl-]. The number of carbonyl (C=O) groups is 1. The van der Waals surface area contributed by atoms with Crippen molar-refractivity contribution in [1.82, 2.24) is 14.8 Å². The van der Waals surface area contributed by atoms with Crippen LogP contribution in [0, 0.1) is 5.82 Å². The van der Waals surface area contributed by atoms with E-state index in [4.69, 9.17) is 4.74 Å². The van der Waals surface area contributed by atoms with Gasteiger partial charge in [0, 0.05) is 31.4 Å². The average Bonchev–Trinajstić information content (AvgIpc) is 3.39. The van der Waals surface area contributed by atoms with Crippen LogP contribution < -0.4 is 17.1 Å². The van der Waals surface area contributed by atoms with Crippen molar-refractivity contribution in [3.05, 3.63) is 59.7 Å². The Kier molecular flexibility index (Phi) is 7.45. The molecule has 1 aromatic carbocycles. The summed E-state index contributed by atoms with van der Waals surface area (Å²) in [4.78, 5) is 21.4. The first kappa shape index (κ1) is 21.5. The van der Waals surface area contributed by atoms with Crippen molar-refractivity contribution in [2.75, 3.05) is 26.2 Å². The molecule has 0 spiro atoms. The van der Waals surface area contributed by atoms with Crippen LogP contribution in [0.3, 0.4) is 0 Å². The predicted molar refractivity (Wildman–Crippen MR) is 105 cm³/mol. The Morgan fingerprint density at radius 2 is 1.97 bits per heavy atom. The van der Waals surface area contributed by atoms with Crippen LogP contribution in [0.15, 0.2) is 42.6 Å². The van der Waals surface area contributed by atoms with Crippen LogP contribution >= 0.6 is 0 Å². The van der Waals surface area contributed by atoms with Gasteiger partial charge in [-0.2, -0.15) is 0 Å². The third-order valence-electron chi connectivity index (χ3n) is 5.59. The van der Waals surface area contributed by atoms with Gasteiger partial charge in [-0.05, 0) is 63.0 Å². The summed E-state index contributed by atoms with van der Waals surface area (Å²) in [6.07, 6.45) is 6.13. The van der Waals surface area contributed by atoms with Crippen molar-refractivity contribution in [1.29, 1.82) is 0 Å². The lowest BCUT2D eigenvalue weighted by atomic mass is 10.1. The second-order valence-electron chi connectivity index (χ2n) is 7.55. The van der Waals surface area contributed by atoms with E-state index in [-0.39, 0.29) is 36.5 Å². The average molecular weight is 419 g/mol. The molecule has 2 fully saturated rings. The van der Waals surface area contributed by atoms with Crippen molar-refractivity contribution >= 4 is 5.91 Å². The topological polar surface area (TPSA) is 45.7 Å². The van der Waals surface area contributed by atoms with Crippen LogP contribution in [-0.2, 0) is 6.61 Å². The van der Waals surface area contributed by atoms with E-state index in [0.717, 1.165) is 38.2 Å². The Morgan fingerprint density at radius 3 is 2.69 bits per heavy atom.